The summed E-state index contributed by atoms with van der Waals surface area (Å²) in [6.07, 6.45) is 2.12. The highest BCUT2D eigenvalue weighted by Gasteiger charge is 2.25. The molecule has 0 saturated carbocycles. The number of aromatic nitrogens is 1. The first-order valence-electron chi connectivity index (χ1n) is 5.46. The van der Waals surface area contributed by atoms with Crippen LogP contribution < -0.4 is 10.2 Å². The lowest BCUT2D eigenvalue weighted by molar-refractivity contribution is -0.384. The average molecular weight is 313 g/mol. The molecule has 110 valence electrons. The highest BCUT2D eigenvalue weighted by molar-refractivity contribution is 7.92. The van der Waals surface area contributed by atoms with Crippen molar-refractivity contribution in [2.45, 2.75) is 4.90 Å². The second-order valence-corrected chi connectivity index (χ2v) is 5.52. The summed E-state index contributed by atoms with van der Waals surface area (Å²) in [6, 6.07) is 3.83. The van der Waals surface area contributed by atoms with Gasteiger partial charge in [-0.05, 0) is 6.07 Å². The minimum atomic E-state index is -4.46. The number of H-pyrrole nitrogens is 1. The number of pyridine rings is 1. The number of aromatic amines is 1. The average Bonchev–Trinajstić information content (AvgIpc) is 2.41. The van der Waals surface area contributed by atoms with Crippen molar-refractivity contribution >= 4 is 21.4 Å². The highest BCUT2D eigenvalue weighted by Crippen LogP contribution is 2.28. The van der Waals surface area contributed by atoms with E-state index in [-0.39, 0.29) is 0 Å². The maximum atomic E-state index is 13.6. The van der Waals surface area contributed by atoms with Crippen LogP contribution in [0.15, 0.2) is 46.3 Å². The predicted octanol–water partition coefficient (Wildman–Crippen LogP) is 1.22. The van der Waals surface area contributed by atoms with Crippen molar-refractivity contribution in [1.29, 1.82) is 0 Å². The molecule has 0 spiro atoms. The number of nitrogens with zero attached hydrogens (tertiary/aromatic N) is 1. The van der Waals surface area contributed by atoms with Crippen LogP contribution in [-0.2, 0) is 10.0 Å². The molecule has 0 unspecified atom stereocenters. The lowest BCUT2D eigenvalue weighted by Crippen LogP contribution is -2.22. The van der Waals surface area contributed by atoms with Crippen molar-refractivity contribution in [1.82, 2.24) is 4.98 Å². The van der Waals surface area contributed by atoms with Crippen LogP contribution in [0.3, 0.4) is 0 Å². The van der Waals surface area contributed by atoms with Crippen molar-refractivity contribution in [2.75, 3.05) is 4.72 Å². The van der Waals surface area contributed by atoms with Gasteiger partial charge in [-0.25, -0.2) is 12.8 Å². The normalized spacial score (nSPS) is 11.1. The van der Waals surface area contributed by atoms with E-state index in [1.54, 1.807) is 4.72 Å². The van der Waals surface area contributed by atoms with Crippen LogP contribution in [0, 0.1) is 15.9 Å². The third-order valence-electron chi connectivity index (χ3n) is 2.50. The smallest absolute Gasteiger partial charge is 0.296 e. The van der Waals surface area contributed by atoms with Crippen molar-refractivity contribution < 1.29 is 17.7 Å². The molecule has 2 rings (SSSR count). The van der Waals surface area contributed by atoms with Gasteiger partial charge in [-0.1, -0.05) is 6.07 Å². The molecule has 0 aliphatic rings. The molecule has 0 aliphatic carbocycles. The summed E-state index contributed by atoms with van der Waals surface area (Å²) < 4.78 is 39.4. The first kappa shape index (κ1) is 14.7. The molecule has 1 aromatic carbocycles. The van der Waals surface area contributed by atoms with Crippen molar-refractivity contribution in [2.24, 2.45) is 0 Å². The first-order valence-corrected chi connectivity index (χ1v) is 6.94. The summed E-state index contributed by atoms with van der Waals surface area (Å²) >= 11 is 0. The Morgan fingerprint density at radius 2 is 2.00 bits per heavy atom. The van der Waals surface area contributed by atoms with E-state index in [0.717, 1.165) is 30.5 Å². The van der Waals surface area contributed by atoms with Crippen LogP contribution in [0.5, 0.6) is 0 Å². The van der Waals surface area contributed by atoms with Crippen LogP contribution >= 0.6 is 0 Å². The molecule has 10 heteroatoms. The minimum Gasteiger partial charge on any atom is -0.366 e. The lowest BCUT2D eigenvalue weighted by atomic mass is 10.2. The van der Waals surface area contributed by atoms with Gasteiger partial charge in [-0.15, -0.1) is 0 Å². The van der Waals surface area contributed by atoms with Crippen LogP contribution in [0.1, 0.15) is 0 Å². The summed E-state index contributed by atoms with van der Waals surface area (Å²) in [7, 11) is -4.46. The second kappa shape index (κ2) is 5.32. The number of nitro benzene ring substituents is 1. The fourth-order valence-electron chi connectivity index (χ4n) is 1.57. The van der Waals surface area contributed by atoms with E-state index in [1.807, 2.05) is 0 Å². The van der Waals surface area contributed by atoms with Crippen LogP contribution in [0.4, 0.5) is 15.8 Å². The van der Waals surface area contributed by atoms with Crippen LogP contribution in [0.25, 0.3) is 0 Å². The third-order valence-corrected chi connectivity index (χ3v) is 3.87. The Kier molecular flexibility index (Phi) is 3.72. The van der Waals surface area contributed by atoms with Gasteiger partial charge in [-0.2, -0.15) is 0 Å². The zero-order valence-electron chi connectivity index (χ0n) is 10.2. The zero-order valence-corrected chi connectivity index (χ0v) is 11.1. The first-order chi connectivity index (χ1) is 9.83. The van der Waals surface area contributed by atoms with E-state index in [4.69, 9.17) is 0 Å². The Bertz CT molecular complexity index is 862. The number of halogens is 1. The number of anilines is 1. The Labute approximate surface area is 117 Å². The van der Waals surface area contributed by atoms with Gasteiger partial charge in [0.05, 0.1) is 4.92 Å². The van der Waals surface area contributed by atoms with E-state index < -0.39 is 42.5 Å². The number of nitrogens with one attached hydrogen (secondary N) is 2. The van der Waals surface area contributed by atoms with E-state index in [2.05, 4.69) is 4.98 Å². The van der Waals surface area contributed by atoms with Gasteiger partial charge >= 0.3 is 0 Å². The molecule has 0 fully saturated rings. The Hall–Kier alpha value is -2.75. The zero-order chi connectivity index (χ0) is 15.6. The van der Waals surface area contributed by atoms with E-state index >= 15 is 0 Å². The number of hydrogen-bond acceptors (Lipinski definition) is 5. The fraction of sp³-hybridized carbons (Fsp3) is 0. The summed E-state index contributed by atoms with van der Waals surface area (Å²) in [6.45, 7) is 0. The van der Waals surface area contributed by atoms with Crippen molar-refractivity contribution in [3.63, 3.8) is 0 Å². The maximum absolute atomic E-state index is 13.6. The largest absolute Gasteiger partial charge is 0.366 e. The number of nitro groups is 1. The molecule has 8 nitrogen and oxygen atoms in total. The Morgan fingerprint density at radius 3 is 2.62 bits per heavy atom. The van der Waals surface area contributed by atoms with Crippen molar-refractivity contribution in [3.05, 3.63) is 62.8 Å². The summed E-state index contributed by atoms with van der Waals surface area (Å²) in [5.41, 5.74) is -2.42. The fourth-order valence-corrected chi connectivity index (χ4v) is 2.70. The number of rotatable bonds is 4. The molecule has 0 aliphatic heterocycles. The quantitative estimate of drug-likeness (QED) is 0.649. The number of para-hydroxylation sites is 1. The minimum absolute atomic E-state index is 0.678. The number of sulfonamides is 1. The Balaban J connectivity index is 2.55. The molecule has 0 amide bonds. The van der Waals surface area contributed by atoms with Gasteiger partial charge in [0.15, 0.2) is 16.4 Å². The summed E-state index contributed by atoms with van der Waals surface area (Å²) in [5, 5.41) is 10.8. The number of hydrogen-bond donors (Lipinski definition) is 2. The summed E-state index contributed by atoms with van der Waals surface area (Å²) in [5.74, 6) is -1.12. The van der Waals surface area contributed by atoms with Gasteiger partial charge in [0.1, 0.15) is 0 Å². The monoisotopic (exact) mass is 313 g/mol. The molecule has 1 aromatic heterocycles. The van der Waals surface area contributed by atoms with Gasteiger partial charge in [0.2, 0.25) is 5.43 Å². The molecule has 0 bridgehead atoms. The van der Waals surface area contributed by atoms with Gasteiger partial charge < -0.3 is 4.98 Å². The van der Waals surface area contributed by atoms with E-state index in [0.29, 0.717) is 0 Å². The van der Waals surface area contributed by atoms with Crippen LogP contribution in [-0.4, -0.2) is 18.3 Å². The number of benzene rings is 1. The molecular weight excluding hydrogens is 305 g/mol. The maximum Gasteiger partial charge on any atom is 0.296 e. The van der Waals surface area contributed by atoms with Crippen LogP contribution in [0.2, 0.25) is 0 Å². The van der Waals surface area contributed by atoms with Gasteiger partial charge in [0.25, 0.3) is 15.7 Å². The topological polar surface area (TPSA) is 122 Å². The molecule has 1 heterocycles. The molecule has 0 saturated heterocycles. The van der Waals surface area contributed by atoms with E-state index in [1.165, 1.54) is 6.20 Å². The standard InChI is InChI=1S/C11H8FN3O5S/c12-7-2-1-3-8(15(17)18)11(7)14-21(19,20)10-6-13-5-4-9(10)16/h1-6,14H,(H,13,16). The van der Waals surface area contributed by atoms with E-state index in [9.17, 15) is 27.7 Å². The van der Waals surface area contributed by atoms with Crippen molar-refractivity contribution in [3.8, 4) is 0 Å². The second-order valence-electron chi connectivity index (χ2n) is 3.87. The molecule has 21 heavy (non-hydrogen) atoms. The molecule has 2 N–H and O–H groups in total. The molecule has 0 atom stereocenters. The molecule has 0 radical (unpaired) electrons. The predicted molar refractivity (Wildman–Crippen MR) is 70.9 cm³/mol. The Morgan fingerprint density at radius 1 is 1.29 bits per heavy atom. The molecular formula is C11H8FN3O5S. The SMILES string of the molecule is O=c1cc[nH]cc1S(=O)(=O)Nc1c(F)cccc1[N+](=O)[O-]. The van der Waals surface area contributed by atoms with Gasteiger partial charge in [-0.3, -0.25) is 19.6 Å². The summed E-state index contributed by atoms with van der Waals surface area (Å²) in [4.78, 5) is 23.1. The van der Waals surface area contributed by atoms with Gasteiger partial charge in [0, 0.05) is 24.5 Å². The molecule has 2 aromatic rings. The third kappa shape index (κ3) is 2.89. The highest BCUT2D eigenvalue weighted by atomic mass is 32.2. The lowest BCUT2D eigenvalue weighted by Gasteiger charge is -2.08.